The van der Waals surface area contributed by atoms with Crippen molar-refractivity contribution in [3.8, 4) is 0 Å². The molecular formula is C12H12N4O. The molecule has 0 aromatic heterocycles. The van der Waals surface area contributed by atoms with Crippen LogP contribution in [0, 0.1) is 0 Å². The van der Waals surface area contributed by atoms with E-state index >= 15 is 0 Å². The van der Waals surface area contributed by atoms with Crippen LogP contribution in [0.1, 0.15) is 5.56 Å². The molecule has 5 heteroatoms. The SMILES string of the molecule is NNC1=N/C(=C\C=C\c2ccccc2)C(=O)N1. The number of aliphatic imine (C=N–C) groups is 1. The average Bonchev–Trinajstić information content (AvgIpc) is 2.72. The molecule has 0 saturated carbocycles. The van der Waals surface area contributed by atoms with Crippen molar-refractivity contribution in [2.45, 2.75) is 0 Å². The van der Waals surface area contributed by atoms with E-state index in [1.165, 1.54) is 0 Å². The van der Waals surface area contributed by atoms with Gasteiger partial charge in [-0.05, 0) is 11.6 Å². The van der Waals surface area contributed by atoms with Gasteiger partial charge in [-0.3, -0.25) is 15.5 Å². The van der Waals surface area contributed by atoms with E-state index in [0.717, 1.165) is 5.56 Å². The molecule has 17 heavy (non-hydrogen) atoms. The molecule has 1 aliphatic heterocycles. The Morgan fingerprint density at radius 1 is 1.29 bits per heavy atom. The summed E-state index contributed by atoms with van der Waals surface area (Å²) < 4.78 is 0. The lowest BCUT2D eigenvalue weighted by Gasteiger charge is -1.93. The van der Waals surface area contributed by atoms with Gasteiger partial charge in [-0.25, -0.2) is 10.8 Å². The lowest BCUT2D eigenvalue weighted by molar-refractivity contribution is -0.115. The van der Waals surface area contributed by atoms with Crippen LogP contribution >= 0.6 is 0 Å². The number of amides is 1. The molecule has 0 spiro atoms. The summed E-state index contributed by atoms with van der Waals surface area (Å²) in [5.41, 5.74) is 3.67. The quantitative estimate of drug-likeness (QED) is 0.392. The third-order valence-corrected chi connectivity index (χ3v) is 2.18. The third kappa shape index (κ3) is 2.79. The van der Waals surface area contributed by atoms with Crippen LogP contribution in [0.4, 0.5) is 0 Å². The summed E-state index contributed by atoms with van der Waals surface area (Å²) in [6.07, 6.45) is 5.30. The number of allylic oxidation sites excluding steroid dienone is 2. The van der Waals surface area contributed by atoms with Crippen molar-refractivity contribution in [3.05, 3.63) is 53.7 Å². The summed E-state index contributed by atoms with van der Waals surface area (Å²) in [7, 11) is 0. The molecule has 0 radical (unpaired) electrons. The predicted molar refractivity (Wildman–Crippen MR) is 66.5 cm³/mol. The Labute approximate surface area is 98.7 Å². The number of nitrogens with zero attached hydrogens (tertiary/aromatic N) is 1. The first-order chi connectivity index (χ1) is 8.29. The van der Waals surface area contributed by atoms with Gasteiger partial charge in [-0.15, -0.1) is 0 Å². The second kappa shape index (κ2) is 5.09. The van der Waals surface area contributed by atoms with Crippen molar-refractivity contribution in [3.63, 3.8) is 0 Å². The first kappa shape index (κ1) is 11.1. The summed E-state index contributed by atoms with van der Waals surface area (Å²) >= 11 is 0. The number of nitrogens with one attached hydrogen (secondary N) is 2. The average molecular weight is 228 g/mol. The smallest absolute Gasteiger partial charge is 0.276 e. The Kier molecular flexibility index (Phi) is 3.32. The van der Waals surface area contributed by atoms with E-state index in [1.54, 1.807) is 12.2 Å². The number of hydrazine groups is 1. The van der Waals surface area contributed by atoms with Gasteiger partial charge in [0.15, 0.2) is 0 Å². The summed E-state index contributed by atoms with van der Waals surface area (Å²) in [4.78, 5) is 15.3. The van der Waals surface area contributed by atoms with E-state index in [-0.39, 0.29) is 11.9 Å². The molecule has 86 valence electrons. The molecule has 5 nitrogen and oxygen atoms in total. The number of carbonyl (C=O) groups is 1. The van der Waals surface area contributed by atoms with E-state index in [0.29, 0.717) is 5.70 Å². The molecule has 1 aliphatic rings. The van der Waals surface area contributed by atoms with E-state index in [4.69, 9.17) is 5.84 Å². The molecule has 0 atom stereocenters. The van der Waals surface area contributed by atoms with E-state index < -0.39 is 0 Å². The summed E-state index contributed by atoms with van der Waals surface area (Å²) in [6, 6.07) is 9.79. The number of hydrogen-bond donors (Lipinski definition) is 3. The standard InChI is InChI=1S/C12H12N4O/c13-16-12-14-10(11(17)15-12)8-4-7-9-5-2-1-3-6-9/h1-8H,13H2,(H2,14,15,16,17)/b7-4+,10-8-. The van der Waals surface area contributed by atoms with Gasteiger partial charge in [0.05, 0.1) is 0 Å². The second-order valence-corrected chi connectivity index (χ2v) is 3.38. The fourth-order valence-corrected chi connectivity index (χ4v) is 1.37. The van der Waals surface area contributed by atoms with Crippen LogP contribution in [0.5, 0.6) is 0 Å². The molecule has 4 N–H and O–H groups in total. The molecule has 0 bridgehead atoms. The molecule has 2 rings (SSSR count). The minimum absolute atomic E-state index is 0.259. The normalized spacial score (nSPS) is 17.4. The number of rotatable bonds is 2. The molecule has 0 aliphatic carbocycles. The summed E-state index contributed by atoms with van der Waals surface area (Å²) in [5, 5.41) is 2.48. The monoisotopic (exact) mass is 228 g/mol. The fourth-order valence-electron chi connectivity index (χ4n) is 1.37. The minimum atomic E-state index is -0.268. The highest BCUT2D eigenvalue weighted by Gasteiger charge is 2.17. The Morgan fingerprint density at radius 2 is 2.06 bits per heavy atom. The Bertz CT molecular complexity index is 502. The second-order valence-electron chi connectivity index (χ2n) is 3.38. The fraction of sp³-hybridized carbons (Fsp3) is 0. The number of nitrogens with two attached hydrogens (primary N) is 1. The van der Waals surface area contributed by atoms with Gasteiger partial charge in [0, 0.05) is 0 Å². The number of carbonyl (C=O) groups excluding carboxylic acids is 1. The van der Waals surface area contributed by atoms with Crippen LogP contribution in [-0.2, 0) is 4.79 Å². The maximum atomic E-state index is 11.4. The number of benzene rings is 1. The third-order valence-electron chi connectivity index (χ3n) is 2.18. The van der Waals surface area contributed by atoms with Crippen LogP contribution in [0.25, 0.3) is 6.08 Å². The van der Waals surface area contributed by atoms with E-state index in [9.17, 15) is 4.79 Å². The summed E-state index contributed by atoms with van der Waals surface area (Å²) in [5.74, 6) is 5.13. The first-order valence-corrected chi connectivity index (χ1v) is 5.09. The maximum absolute atomic E-state index is 11.4. The van der Waals surface area contributed by atoms with Gasteiger partial charge in [-0.2, -0.15) is 0 Å². The van der Waals surface area contributed by atoms with Crippen molar-refractivity contribution >= 4 is 17.9 Å². The highest BCUT2D eigenvalue weighted by molar-refractivity contribution is 6.11. The van der Waals surface area contributed by atoms with E-state index in [2.05, 4.69) is 15.7 Å². The molecule has 0 saturated heterocycles. The maximum Gasteiger partial charge on any atom is 0.276 e. The highest BCUT2D eigenvalue weighted by Crippen LogP contribution is 2.06. The molecule has 0 fully saturated rings. The Morgan fingerprint density at radius 3 is 2.71 bits per heavy atom. The van der Waals surface area contributed by atoms with Gasteiger partial charge >= 0.3 is 0 Å². The predicted octanol–water partition coefficient (Wildman–Crippen LogP) is 0.533. The Balaban J connectivity index is 2.09. The Hall–Kier alpha value is -2.40. The van der Waals surface area contributed by atoms with Gasteiger partial charge in [0.1, 0.15) is 5.70 Å². The van der Waals surface area contributed by atoms with Crippen LogP contribution in [0.3, 0.4) is 0 Å². The van der Waals surface area contributed by atoms with Gasteiger partial charge in [0.2, 0.25) is 5.96 Å². The lowest BCUT2D eigenvalue weighted by Crippen LogP contribution is -2.40. The van der Waals surface area contributed by atoms with Crippen molar-refractivity contribution in [2.75, 3.05) is 0 Å². The molecule has 1 aromatic rings. The zero-order valence-corrected chi connectivity index (χ0v) is 9.05. The van der Waals surface area contributed by atoms with Crippen molar-refractivity contribution < 1.29 is 4.79 Å². The largest absolute Gasteiger partial charge is 0.294 e. The van der Waals surface area contributed by atoms with Crippen LogP contribution in [0.2, 0.25) is 0 Å². The number of guanidine groups is 1. The van der Waals surface area contributed by atoms with Gasteiger partial charge in [0.25, 0.3) is 5.91 Å². The topological polar surface area (TPSA) is 79.5 Å². The zero-order chi connectivity index (χ0) is 12.1. The van der Waals surface area contributed by atoms with Crippen LogP contribution < -0.4 is 16.6 Å². The van der Waals surface area contributed by atoms with Crippen LogP contribution in [0.15, 0.2) is 53.2 Å². The minimum Gasteiger partial charge on any atom is -0.294 e. The molecule has 0 unspecified atom stereocenters. The van der Waals surface area contributed by atoms with Gasteiger partial charge < -0.3 is 0 Å². The molecular weight excluding hydrogens is 216 g/mol. The molecule has 1 amide bonds. The zero-order valence-electron chi connectivity index (χ0n) is 9.05. The van der Waals surface area contributed by atoms with Crippen molar-refractivity contribution in [1.29, 1.82) is 0 Å². The number of hydrogen-bond acceptors (Lipinski definition) is 4. The van der Waals surface area contributed by atoms with Crippen LogP contribution in [-0.4, -0.2) is 11.9 Å². The summed E-state index contributed by atoms with van der Waals surface area (Å²) in [6.45, 7) is 0. The van der Waals surface area contributed by atoms with Crippen molar-refractivity contribution in [2.24, 2.45) is 10.8 Å². The van der Waals surface area contributed by atoms with Gasteiger partial charge in [-0.1, -0.05) is 42.5 Å². The lowest BCUT2D eigenvalue weighted by atomic mass is 10.2. The molecule has 1 aromatic carbocycles. The van der Waals surface area contributed by atoms with E-state index in [1.807, 2.05) is 36.4 Å². The highest BCUT2D eigenvalue weighted by atomic mass is 16.2. The van der Waals surface area contributed by atoms with Crippen molar-refractivity contribution in [1.82, 2.24) is 10.7 Å². The molecule has 1 heterocycles. The first-order valence-electron chi connectivity index (χ1n) is 5.09.